The van der Waals surface area contributed by atoms with Crippen LogP contribution in [-0.2, 0) is 21.6 Å². The number of benzene rings is 2. The van der Waals surface area contributed by atoms with Crippen molar-refractivity contribution in [3.63, 3.8) is 0 Å². The van der Waals surface area contributed by atoms with Gasteiger partial charge in [0, 0.05) is 24.2 Å². The first-order chi connectivity index (χ1) is 14.1. The van der Waals surface area contributed by atoms with Crippen molar-refractivity contribution in [2.24, 2.45) is 5.92 Å². The molecule has 0 aromatic heterocycles. The second-order valence-electron chi connectivity index (χ2n) is 8.00. The van der Waals surface area contributed by atoms with Crippen molar-refractivity contribution < 1.29 is 19.4 Å². The standard InChI is InChI=1S/C23H24N2O4/c26-21-17-6-2-1-5-16(17)9-10-19(21)23(28)18-7-3-4-8-20(18)25(22(23)27)15-24-11-13-29-14-12-24/h1-8,19,28H,9-15H2. The summed E-state index contributed by atoms with van der Waals surface area (Å²) in [6.07, 6.45) is 1.13. The molecule has 3 aliphatic rings. The van der Waals surface area contributed by atoms with Gasteiger partial charge in [0.1, 0.15) is 0 Å². The van der Waals surface area contributed by atoms with Crippen LogP contribution in [-0.4, -0.2) is 54.7 Å². The third kappa shape index (κ3) is 2.82. The van der Waals surface area contributed by atoms with E-state index in [2.05, 4.69) is 4.90 Å². The van der Waals surface area contributed by atoms with Crippen molar-refractivity contribution in [2.75, 3.05) is 37.9 Å². The van der Waals surface area contributed by atoms with Gasteiger partial charge in [-0.05, 0) is 24.5 Å². The minimum atomic E-state index is -1.83. The Morgan fingerprint density at radius 2 is 1.76 bits per heavy atom. The molecule has 1 saturated heterocycles. The number of aryl methyl sites for hydroxylation is 1. The van der Waals surface area contributed by atoms with Gasteiger partial charge in [-0.1, -0.05) is 42.5 Å². The maximum atomic E-state index is 13.6. The van der Waals surface area contributed by atoms with Crippen molar-refractivity contribution in [3.05, 3.63) is 65.2 Å². The fourth-order valence-electron chi connectivity index (χ4n) is 4.88. The molecular formula is C23H24N2O4. The first kappa shape index (κ1) is 18.5. The number of carbonyl (C=O) groups excluding carboxylic acids is 2. The normalized spacial score (nSPS) is 27.1. The van der Waals surface area contributed by atoms with Crippen molar-refractivity contribution in [1.82, 2.24) is 4.90 Å². The number of para-hydroxylation sites is 1. The molecule has 2 aromatic rings. The second kappa shape index (κ2) is 7.06. The average molecular weight is 392 g/mol. The molecular weight excluding hydrogens is 368 g/mol. The van der Waals surface area contributed by atoms with Crippen LogP contribution < -0.4 is 4.90 Å². The van der Waals surface area contributed by atoms with Gasteiger partial charge in [-0.25, -0.2) is 0 Å². The topological polar surface area (TPSA) is 70.1 Å². The number of anilines is 1. The highest BCUT2D eigenvalue weighted by atomic mass is 16.5. The van der Waals surface area contributed by atoms with E-state index in [1.54, 1.807) is 17.0 Å². The quantitative estimate of drug-likeness (QED) is 0.865. The van der Waals surface area contributed by atoms with E-state index >= 15 is 0 Å². The molecule has 6 nitrogen and oxygen atoms in total. The third-order valence-electron chi connectivity index (χ3n) is 6.43. The highest BCUT2D eigenvalue weighted by Crippen LogP contribution is 2.48. The smallest absolute Gasteiger partial charge is 0.265 e. The molecule has 1 aliphatic carbocycles. The fourth-order valence-corrected chi connectivity index (χ4v) is 4.88. The maximum Gasteiger partial charge on any atom is 0.265 e. The van der Waals surface area contributed by atoms with E-state index in [9.17, 15) is 14.7 Å². The highest BCUT2D eigenvalue weighted by molar-refractivity contribution is 6.12. The summed E-state index contributed by atoms with van der Waals surface area (Å²) in [6.45, 7) is 3.12. The average Bonchev–Trinajstić information content (AvgIpc) is 2.98. The molecule has 2 heterocycles. The predicted octanol–water partition coefficient (Wildman–Crippen LogP) is 1.96. The number of Topliss-reactive ketones (excluding diaryl/α,β-unsaturated/α-hetero) is 1. The van der Waals surface area contributed by atoms with E-state index in [1.807, 2.05) is 36.4 Å². The second-order valence-corrected chi connectivity index (χ2v) is 8.00. The SMILES string of the molecule is O=C1c2ccccc2CCC1C1(O)C(=O)N(CN2CCOCC2)c2ccccc21. The first-order valence-electron chi connectivity index (χ1n) is 10.2. The van der Waals surface area contributed by atoms with Crippen LogP contribution in [0.1, 0.15) is 27.9 Å². The summed E-state index contributed by atoms with van der Waals surface area (Å²) in [7, 11) is 0. The molecule has 0 saturated carbocycles. The van der Waals surface area contributed by atoms with E-state index in [4.69, 9.17) is 4.74 Å². The molecule has 29 heavy (non-hydrogen) atoms. The van der Waals surface area contributed by atoms with E-state index in [-0.39, 0.29) is 5.78 Å². The number of nitrogens with zero attached hydrogens (tertiary/aromatic N) is 2. The third-order valence-corrected chi connectivity index (χ3v) is 6.43. The number of carbonyl (C=O) groups is 2. The summed E-state index contributed by atoms with van der Waals surface area (Å²) in [4.78, 5) is 30.7. The number of ketones is 1. The lowest BCUT2D eigenvalue weighted by atomic mass is 9.71. The molecule has 2 aromatic carbocycles. The van der Waals surface area contributed by atoms with Crippen molar-refractivity contribution in [1.29, 1.82) is 0 Å². The Balaban J connectivity index is 1.53. The van der Waals surface area contributed by atoms with E-state index in [1.165, 1.54) is 0 Å². The molecule has 0 bridgehead atoms. The zero-order valence-electron chi connectivity index (χ0n) is 16.2. The highest BCUT2D eigenvalue weighted by Gasteiger charge is 2.57. The molecule has 150 valence electrons. The van der Waals surface area contributed by atoms with E-state index in [0.29, 0.717) is 49.5 Å². The number of hydrogen-bond acceptors (Lipinski definition) is 5. The lowest BCUT2D eigenvalue weighted by molar-refractivity contribution is -0.141. The van der Waals surface area contributed by atoms with Gasteiger partial charge in [0.2, 0.25) is 0 Å². The molecule has 1 N–H and O–H groups in total. The van der Waals surface area contributed by atoms with Crippen LogP contribution in [0.2, 0.25) is 0 Å². The monoisotopic (exact) mass is 392 g/mol. The number of fused-ring (bicyclic) bond motifs is 2. The van der Waals surface area contributed by atoms with Crippen LogP contribution >= 0.6 is 0 Å². The van der Waals surface area contributed by atoms with Gasteiger partial charge >= 0.3 is 0 Å². The minimum absolute atomic E-state index is 0.147. The van der Waals surface area contributed by atoms with Crippen LogP contribution in [0.4, 0.5) is 5.69 Å². The van der Waals surface area contributed by atoms with Crippen molar-refractivity contribution >= 4 is 17.4 Å². The molecule has 5 rings (SSSR count). The van der Waals surface area contributed by atoms with Crippen molar-refractivity contribution in [2.45, 2.75) is 18.4 Å². The van der Waals surface area contributed by atoms with Gasteiger partial charge in [0.05, 0.1) is 31.5 Å². The Morgan fingerprint density at radius 3 is 2.59 bits per heavy atom. The number of amides is 1. The van der Waals surface area contributed by atoms with Gasteiger partial charge in [0.25, 0.3) is 5.91 Å². The summed E-state index contributed by atoms with van der Waals surface area (Å²) in [5.74, 6) is -1.32. The Morgan fingerprint density at radius 1 is 1.03 bits per heavy atom. The lowest BCUT2D eigenvalue weighted by Gasteiger charge is -2.35. The van der Waals surface area contributed by atoms with Crippen LogP contribution in [0.3, 0.4) is 0 Å². The molecule has 1 fully saturated rings. The molecule has 2 aliphatic heterocycles. The van der Waals surface area contributed by atoms with Gasteiger partial charge in [-0.15, -0.1) is 0 Å². The van der Waals surface area contributed by atoms with Crippen LogP contribution in [0.25, 0.3) is 0 Å². The summed E-state index contributed by atoms with van der Waals surface area (Å²) >= 11 is 0. The zero-order chi connectivity index (χ0) is 20.0. The fraction of sp³-hybridized carbons (Fsp3) is 0.391. The van der Waals surface area contributed by atoms with Gasteiger partial charge in [-0.2, -0.15) is 0 Å². The largest absolute Gasteiger partial charge is 0.379 e. The van der Waals surface area contributed by atoms with Gasteiger partial charge < -0.3 is 9.84 Å². The number of ether oxygens (including phenoxy) is 1. The van der Waals surface area contributed by atoms with Gasteiger partial charge in [0.15, 0.2) is 11.4 Å². The van der Waals surface area contributed by atoms with Crippen LogP contribution in [0.5, 0.6) is 0 Å². The van der Waals surface area contributed by atoms with Gasteiger partial charge in [-0.3, -0.25) is 19.4 Å². The Kier molecular flexibility index (Phi) is 4.50. The van der Waals surface area contributed by atoms with Crippen LogP contribution in [0.15, 0.2) is 48.5 Å². The molecule has 2 unspecified atom stereocenters. The number of aliphatic hydroxyl groups is 1. The summed E-state index contributed by atoms with van der Waals surface area (Å²) < 4.78 is 5.40. The molecule has 6 heteroatoms. The Hall–Kier alpha value is -2.54. The molecule has 2 atom stereocenters. The molecule has 0 spiro atoms. The number of hydrogen-bond donors (Lipinski definition) is 1. The summed E-state index contributed by atoms with van der Waals surface area (Å²) in [5, 5.41) is 11.8. The van der Waals surface area contributed by atoms with E-state index in [0.717, 1.165) is 18.7 Å². The predicted molar refractivity (Wildman–Crippen MR) is 108 cm³/mol. The first-order valence-corrected chi connectivity index (χ1v) is 10.2. The van der Waals surface area contributed by atoms with Crippen LogP contribution in [0, 0.1) is 5.92 Å². The molecule has 0 radical (unpaired) electrons. The lowest BCUT2D eigenvalue weighted by Crippen LogP contribution is -2.52. The molecule has 1 amide bonds. The maximum absolute atomic E-state index is 13.6. The Labute approximate surface area is 169 Å². The number of morpholine rings is 1. The summed E-state index contributed by atoms with van der Waals surface area (Å²) in [5.41, 5.74) is 1.01. The minimum Gasteiger partial charge on any atom is -0.379 e. The Bertz CT molecular complexity index is 969. The number of rotatable bonds is 3. The summed E-state index contributed by atoms with van der Waals surface area (Å²) in [6, 6.07) is 14.8. The van der Waals surface area contributed by atoms with E-state index < -0.39 is 17.4 Å². The zero-order valence-corrected chi connectivity index (χ0v) is 16.2. The van der Waals surface area contributed by atoms with Crippen molar-refractivity contribution in [3.8, 4) is 0 Å².